The topological polar surface area (TPSA) is 102 Å². The van der Waals surface area contributed by atoms with Crippen LogP contribution in [0, 0.1) is 19.7 Å². The van der Waals surface area contributed by atoms with E-state index in [-0.39, 0.29) is 12.4 Å². The molecule has 0 saturated heterocycles. The highest BCUT2D eigenvalue weighted by atomic mass is 32.1. The quantitative estimate of drug-likeness (QED) is 0.482. The lowest BCUT2D eigenvalue weighted by Crippen LogP contribution is -2.22. The van der Waals surface area contributed by atoms with Crippen LogP contribution in [0.3, 0.4) is 0 Å². The minimum absolute atomic E-state index is 0.222. The summed E-state index contributed by atoms with van der Waals surface area (Å²) in [6.45, 7) is 5.62. The Hall–Kier alpha value is -2.76. The second-order valence-corrected chi connectivity index (χ2v) is 8.50. The average Bonchev–Trinajstić information content (AvgIpc) is 3.39. The van der Waals surface area contributed by atoms with Crippen LogP contribution in [-0.4, -0.2) is 35.1 Å². The van der Waals surface area contributed by atoms with E-state index in [2.05, 4.69) is 30.6 Å². The maximum absolute atomic E-state index is 13.9. The molecule has 0 aliphatic rings. The van der Waals surface area contributed by atoms with E-state index in [1.165, 1.54) is 28.7 Å². The Morgan fingerprint density at radius 2 is 2.10 bits per heavy atom. The van der Waals surface area contributed by atoms with Gasteiger partial charge in [-0.1, -0.05) is 11.3 Å². The van der Waals surface area contributed by atoms with E-state index < -0.39 is 5.60 Å². The van der Waals surface area contributed by atoms with Crippen LogP contribution in [0.1, 0.15) is 34.0 Å². The van der Waals surface area contributed by atoms with Crippen molar-refractivity contribution in [3.8, 4) is 0 Å². The van der Waals surface area contributed by atoms with Crippen LogP contribution < -0.4 is 5.32 Å². The first-order chi connectivity index (χ1) is 13.8. The molecular weight excluding hydrogens is 413 g/mol. The van der Waals surface area contributed by atoms with E-state index in [0.29, 0.717) is 26.7 Å². The fraction of sp³-hybridized carbons (Fsp3) is 0.278. The van der Waals surface area contributed by atoms with Gasteiger partial charge in [0, 0.05) is 29.0 Å². The lowest BCUT2D eigenvalue weighted by atomic mass is 10.1. The van der Waals surface area contributed by atoms with Crippen molar-refractivity contribution in [2.45, 2.75) is 32.9 Å². The number of thiazole rings is 1. The van der Waals surface area contributed by atoms with Crippen molar-refractivity contribution in [2.75, 3.05) is 5.32 Å². The van der Waals surface area contributed by atoms with Gasteiger partial charge in [0.05, 0.1) is 12.2 Å². The summed E-state index contributed by atoms with van der Waals surface area (Å²) in [4.78, 5) is 8.41. The van der Waals surface area contributed by atoms with Crippen LogP contribution in [0.5, 0.6) is 0 Å². The van der Waals surface area contributed by atoms with Crippen molar-refractivity contribution in [2.24, 2.45) is 0 Å². The van der Waals surface area contributed by atoms with Gasteiger partial charge in [0.25, 0.3) is 0 Å². The van der Waals surface area contributed by atoms with Crippen molar-refractivity contribution in [3.05, 3.63) is 62.7 Å². The number of aliphatic hydroxyl groups is 1. The molecule has 4 rings (SSSR count). The summed E-state index contributed by atoms with van der Waals surface area (Å²) in [6, 6.07) is 4.75. The number of pyridine rings is 1. The lowest BCUT2D eigenvalue weighted by molar-refractivity contribution is 0.101. The van der Waals surface area contributed by atoms with E-state index in [1.807, 2.05) is 25.3 Å². The number of anilines is 2. The highest BCUT2D eigenvalue weighted by Gasteiger charge is 2.33. The molecule has 150 valence electrons. The number of nitrogens with zero attached hydrogens (tertiary/aromatic N) is 6. The third-order valence-electron chi connectivity index (χ3n) is 4.23. The molecule has 0 aliphatic heterocycles. The summed E-state index contributed by atoms with van der Waals surface area (Å²) in [5.41, 5.74) is 0.687. The van der Waals surface area contributed by atoms with Crippen molar-refractivity contribution in [1.29, 1.82) is 0 Å². The Labute approximate surface area is 174 Å². The van der Waals surface area contributed by atoms with Crippen molar-refractivity contribution < 1.29 is 9.50 Å². The minimum atomic E-state index is -1.32. The molecule has 4 aromatic heterocycles. The Kier molecular flexibility index (Phi) is 5.11. The van der Waals surface area contributed by atoms with E-state index >= 15 is 0 Å². The standard InChI is InChI=1S/C18H18FN7OS2/c1-10-9-28-15(21-10)18(3,27)16-23-24-17(29-16)22-14-7-11(2)26(25-14)8-13-12(19)5-4-6-20-13/h4-7,9,27H,8H2,1-3H3,(H,22,24,25). The van der Waals surface area contributed by atoms with Gasteiger partial charge in [0.2, 0.25) is 5.13 Å². The normalized spacial score (nSPS) is 13.4. The van der Waals surface area contributed by atoms with Crippen molar-refractivity contribution >= 4 is 33.6 Å². The molecular formula is C18H18FN7OS2. The summed E-state index contributed by atoms with van der Waals surface area (Å²) in [6.07, 6.45) is 1.55. The zero-order chi connectivity index (χ0) is 20.6. The predicted octanol–water partition coefficient (Wildman–Crippen LogP) is 3.39. The number of hydrogen-bond donors (Lipinski definition) is 2. The van der Waals surface area contributed by atoms with Gasteiger partial charge in [-0.2, -0.15) is 5.10 Å². The number of aromatic nitrogens is 6. The molecule has 1 atom stereocenters. The predicted molar refractivity (Wildman–Crippen MR) is 109 cm³/mol. The molecule has 0 saturated carbocycles. The number of halogens is 1. The van der Waals surface area contributed by atoms with Crippen LogP contribution in [0.2, 0.25) is 0 Å². The first kappa shape index (κ1) is 19.6. The molecule has 4 aromatic rings. The molecule has 0 aromatic carbocycles. The largest absolute Gasteiger partial charge is 0.376 e. The van der Waals surface area contributed by atoms with Crippen LogP contribution in [0.25, 0.3) is 0 Å². The Morgan fingerprint density at radius 1 is 1.28 bits per heavy atom. The first-order valence-corrected chi connectivity index (χ1v) is 10.4. The second-order valence-electron chi connectivity index (χ2n) is 6.66. The van der Waals surface area contributed by atoms with E-state index in [0.717, 1.165) is 11.4 Å². The molecule has 0 radical (unpaired) electrons. The van der Waals surface area contributed by atoms with Crippen molar-refractivity contribution in [3.63, 3.8) is 0 Å². The maximum Gasteiger partial charge on any atom is 0.211 e. The zero-order valence-corrected chi connectivity index (χ0v) is 17.6. The monoisotopic (exact) mass is 431 g/mol. The first-order valence-electron chi connectivity index (χ1n) is 8.73. The van der Waals surface area contributed by atoms with Gasteiger partial charge < -0.3 is 10.4 Å². The van der Waals surface area contributed by atoms with Gasteiger partial charge in [-0.25, -0.2) is 9.37 Å². The molecule has 0 amide bonds. The molecule has 8 nitrogen and oxygen atoms in total. The minimum Gasteiger partial charge on any atom is -0.376 e. The fourth-order valence-electron chi connectivity index (χ4n) is 2.66. The number of hydrogen-bond acceptors (Lipinski definition) is 9. The van der Waals surface area contributed by atoms with Gasteiger partial charge in [-0.15, -0.1) is 21.5 Å². The van der Waals surface area contributed by atoms with Crippen LogP contribution in [0.4, 0.5) is 15.3 Å². The lowest BCUT2D eigenvalue weighted by Gasteiger charge is -2.16. The average molecular weight is 432 g/mol. The Morgan fingerprint density at radius 3 is 2.83 bits per heavy atom. The van der Waals surface area contributed by atoms with Crippen LogP contribution >= 0.6 is 22.7 Å². The fourth-order valence-corrected chi connectivity index (χ4v) is 4.38. The van der Waals surface area contributed by atoms with Crippen LogP contribution in [-0.2, 0) is 12.1 Å². The highest BCUT2D eigenvalue weighted by Crippen LogP contribution is 2.35. The molecule has 0 aliphatic carbocycles. The summed E-state index contributed by atoms with van der Waals surface area (Å²) in [5.74, 6) is 0.177. The summed E-state index contributed by atoms with van der Waals surface area (Å²) >= 11 is 2.60. The van der Waals surface area contributed by atoms with E-state index in [1.54, 1.807) is 23.9 Å². The number of rotatable bonds is 6. The SMILES string of the molecule is Cc1csc(C(C)(O)c2nnc(Nc3cc(C)n(Cc4ncccc4F)n3)s2)n1. The highest BCUT2D eigenvalue weighted by molar-refractivity contribution is 7.15. The molecule has 4 heterocycles. The second kappa shape index (κ2) is 7.58. The number of aryl methyl sites for hydroxylation is 2. The number of nitrogens with one attached hydrogen (secondary N) is 1. The maximum atomic E-state index is 13.9. The van der Waals surface area contributed by atoms with Crippen molar-refractivity contribution in [1.82, 2.24) is 29.9 Å². The smallest absolute Gasteiger partial charge is 0.211 e. The molecule has 1 unspecified atom stereocenters. The van der Waals surface area contributed by atoms with E-state index in [9.17, 15) is 9.50 Å². The Bertz CT molecular complexity index is 1150. The van der Waals surface area contributed by atoms with Gasteiger partial charge >= 0.3 is 0 Å². The third kappa shape index (κ3) is 4.02. The van der Waals surface area contributed by atoms with Gasteiger partial charge in [-0.3, -0.25) is 9.67 Å². The van der Waals surface area contributed by atoms with Gasteiger partial charge in [-0.05, 0) is 32.9 Å². The molecule has 0 fully saturated rings. The third-order valence-corrected chi connectivity index (χ3v) is 6.45. The molecule has 0 bridgehead atoms. The molecule has 11 heteroatoms. The van der Waals surface area contributed by atoms with E-state index in [4.69, 9.17) is 0 Å². The molecule has 29 heavy (non-hydrogen) atoms. The summed E-state index contributed by atoms with van der Waals surface area (Å²) in [5, 5.41) is 29.9. The van der Waals surface area contributed by atoms with Gasteiger partial charge in [0.15, 0.2) is 16.4 Å². The Balaban J connectivity index is 1.51. The summed E-state index contributed by atoms with van der Waals surface area (Å²) in [7, 11) is 0. The van der Waals surface area contributed by atoms with Crippen LogP contribution in [0.15, 0.2) is 29.8 Å². The summed E-state index contributed by atoms with van der Waals surface area (Å²) < 4.78 is 15.5. The molecule has 2 N–H and O–H groups in total. The zero-order valence-electron chi connectivity index (χ0n) is 15.9. The molecule has 0 spiro atoms. The van der Waals surface area contributed by atoms with Gasteiger partial charge in [0.1, 0.15) is 10.8 Å².